The van der Waals surface area contributed by atoms with Gasteiger partial charge < -0.3 is 21.5 Å². The number of anilines is 3. The number of carboxylic acids is 1. The summed E-state index contributed by atoms with van der Waals surface area (Å²) in [4.78, 5) is 28.8. The zero-order chi connectivity index (χ0) is 29.7. The molecule has 1 aliphatic heterocycles. The van der Waals surface area contributed by atoms with E-state index in [0.717, 1.165) is 34.9 Å². The molecule has 2 amide bonds. The predicted molar refractivity (Wildman–Crippen MR) is 147 cm³/mol. The summed E-state index contributed by atoms with van der Waals surface area (Å²) in [6.07, 6.45) is -3.02. The number of carboxylic acid groups (broad SMARTS) is 1. The highest BCUT2D eigenvalue weighted by molar-refractivity contribution is 5.99. The molecule has 0 bridgehead atoms. The SMILES string of the molecule is Cn1nc(N)c2c1=NC([C@H]1C[C@@H](CC(=O)O)C1(C)C)CC=2c1ccc(NC(=O)Nc2cccc(C(F)(F)F)c2)cc1. The smallest absolute Gasteiger partial charge is 0.416 e. The first kappa shape index (κ1) is 28.2. The molecule has 3 aromatic rings. The molecule has 216 valence electrons. The first-order chi connectivity index (χ1) is 19.2. The topological polar surface area (TPSA) is 135 Å². The number of urea groups is 1. The maximum Gasteiger partial charge on any atom is 0.416 e. The molecule has 9 nitrogen and oxygen atoms in total. The minimum Gasteiger partial charge on any atom is -0.481 e. The first-order valence-electron chi connectivity index (χ1n) is 13.2. The van der Waals surface area contributed by atoms with Crippen LogP contribution in [0.5, 0.6) is 0 Å². The minimum absolute atomic E-state index is 0.0191. The maximum absolute atomic E-state index is 13.0. The zero-order valence-electron chi connectivity index (χ0n) is 22.8. The van der Waals surface area contributed by atoms with Crippen molar-refractivity contribution in [3.8, 4) is 0 Å². The highest BCUT2D eigenvalue weighted by atomic mass is 19.4. The predicted octanol–water partition coefficient (Wildman–Crippen LogP) is 4.39. The molecule has 5 N–H and O–H groups in total. The Morgan fingerprint density at radius 3 is 2.44 bits per heavy atom. The molecule has 3 atom stereocenters. The largest absolute Gasteiger partial charge is 0.481 e. The van der Waals surface area contributed by atoms with Gasteiger partial charge in [0.25, 0.3) is 0 Å². The molecular formula is C29H31F3N6O3. The maximum atomic E-state index is 13.0. The standard InChI is InChI=1S/C29H31F3N6O3/c1-28(2)17(13-23(39)40)12-21(28)22-14-20(24-25(33)37-38(3)26(24)36-22)15-7-9-18(10-8-15)34-27(41)35-19-6-4-5-16(11-19)29(30,31)32/h4-11,17,21-22H,12-14H2,1-3H3,(H2,33,37)(H,39,40)(H2,34,35,41)/t17-,21+,22?/m0/s1. The van der Waals surface area contributed by atoms with Gasteiger partial charge in [-0.1, -0.05) is 32.0 Å². The fourth-order valence-corrected chi connectivity index (χ4v) is 6.07. The molecule has 1 aliphatic carbocycles. The summed E-state index contributed by atoms with van der Waals surface area (Å²) in [6.45, 7) is 4.20. The van der Waals surface area contributed by atoms with Crippen LogP contribution < -0.4 is 27.1 Å². The van der Waals surface area contributed by atoms with E-state index in [9.17, 15) is 27.9 Å². The lowest BCUT2D eigenvalue weighted by Crippen LogP contribution is -2.52. The molecule has 0 spiro atoms. The van der Waals surface area contributed by atoms with Gasteiger partial charge in [-0.3, -0.25) is 9.79 Å². The van der Waals surface area contributed by atoms with E-state index in [0.29, 0.717) is 23.4 Å². The monoisotopic (exact) mass is 568 g/mol. The van der Waals surface area contributed by atoms with Gasteiger partial charge in [-0.15, -0.1) is 0 Å². The lowest BCUT2D eigenvalue weighted by molar-refractivity contribution is -0.144. The van der Waals surface area contributed by atoms with E-state index in [-0.39, 0.29) is 35.4 Å². The van der Waals surface area contributed by atoms with Crippen LogP contribution in [0.4, 0.5) is 35.2 Å². The summed E-state index contributed by atoms with van der Waals surface area (Å²) < 4.78 is 40.6. The Kier molecular flexibility index (Phi) is 7.04. The molecule has 1 saturated carbocycles. The van der Waals surface area contributed by atoms with Crippen LogP contribution in [0.15, 0.2) is 53.5 Å². The Labute approximate surface area is 234 Å². The Morgan fingerprint density at radius 2 is 1.80 bits per heavy atom. The Morgan fingerprint density at radius 1 is 1.12 bits per heavy atom. The number of carbonyl (C=O) groups excluding carboxylic acids is 1. The van der Waals surface area contributed by atoms with Gasteiger partial charge in [-0.2, -0.15) is 18.3 Å². The second kappa shape index (κ2) is 10.2. The molecule has 41 heavy (non-hydrogen) atoms. The van der Waals surface area contributed by atoms with Crippen molar-refractivity contribution in [1.29, 1.82) is 0 Å². The third kappa shape index (κ3) is 5.50. The Balaban J connectivity index is 1.36. The summed E-state index contributed by atoms with van der Waals surface area (Å²) in [5, 5.41) is 19.5. The molecular weight excluding hydrogens is 537 g/mol. The van der Waals surface area contributed by atoms with Crippen LogP contribution in [0, 0.1) is 17.3 Å². The lowest BCUT2D eigenvalue weighted by Gasteiger charge is -2.54. The number of hydrogen-bond donors (Lipinski definition) is 4. The number of carbonyl (C=O) groups is 2. The number of nitrogens with two attached hydrogens (primary N) is 1. The summed E-state index contributed by atoms with van der Waals surface area (Å²) in [7, 11) is 1.79. The number of nitrogens with zero attached hydrogens (tertiary/aromatic N) is 3. The van der Waals surface area contributed by atoms with Gasteiger partial charge in [0.15, 0.2) is 11.3 Å². The number of aryl methyl sites for hydroxylation is 1. The molecule has 2 aliphatic rings. The summed E-state index contributed by atoms with van der Waals surface area (Å²) >= 11 is 0. The Hall–Kier alpha value is -4.35. The van der Waals surface area contributed by atoms with Gasteiger partial charge >= 0.3 is 18.2 Å². The fourth-order valence-electron chi connectivity index (χ4n) is 6.07. The average Bonchev–Trinajstić information content (AvgIpc) is 3.18. The van der Waals surface area contributed by atoms with E-state index in [1.54, 1.807) is 23.9 Å². The molecule has 0 saturated heterocycles. The number of nitrogen functional groups attached to an aromatic ring is 1. The fraction of sp³-hybridized carbons (Fsp3) is 0.379. The second-order valence-corrected chi connectivity index (χ2v) is 11.3. The van der Waals surface area contributed by atoms with Crippen molar-refractivity contribution < 1.29 is 27.9 Å². The molecule has 2 heterocycles. The first-order valence-corrected chi connectivity index (χ1v) is 13.2. The lowest BCUT2D eigenvalue weighted by atomic mass is 9.51. The third-order valence-electron chi connectivity index (χ3n) is 8.42. The van der Waals surface area contributed by atoms with Crippen molar-refractivity contribution >= 4 is 34.8 Å². The molecule has 5 rings (SSSR count). The van der Waals surface area contributed by atoms with Crippen molar-refractivity contribution in [2.24, 2.45) is 29.3 Å². The number of benzene rings is 2. The molecule has 0 radical (unpaired) electrons. The summed E-state index contributed by atoms with van der Waals surface area (Å²) in [5.41, 5.74) is 8.21. The molecule has 1 fully saturated rings. The van der Waals surface area contributed by atoms with E-state index in [2.05, 4.69) is 29.6 Å². The van der Waals surface area contributed by atoms with Gasteiger partial charge in [-0.05, 0) is 71.6 Å². The minimum atomic E-state index is -4.51. The highest BCUT2D eigenvalue weighted by Crippen LogP contribution is 2.56. The van der Waals surface area contributed by atoms with Crippen molar-refractivity contribution in [2.45, 2.75) is 45.3 Å². The van der Waals surface area contributed by atoms with Gasteiger partial charge in [0.1, 0.15) is 0 Å². The van der Waals surface area contributed by atoms with E-state index >= 15 is 0 Å². The van der Waals surface area contributed by atoms with Crippen LogP contribution in [0.2, 0.25) is 0 Å². The van der Waals surface area contributed by atoms with E-state index in [1.165, 1.54) is 12.1 Å². The number of aromatic nitrogens is 2. The van der Waals surface area contributed by atoms with Crippen LogP contribution in [-0.2, 0) is 18.0 Å². The molecule has 12 heteroatoms. The quantitative estimate of drug-likeness (QED) is 0.350. The number of rotatable bonds is 6. The number of fused-ring (bicyclic) bond motifs is 1. The van der Waals surface area contributed by atoms with E-state index in [1.807, 2.05) is 12.1 Å². The Bertz CT molecular complexity index is 1630. The van der Waals surface area contributed by atoms with Gasteiger partial charge in [-0.25, -0.2) is 9.48 Å². The number of alkyl halides is 3. The normalized spacial score (nSPS) is 21.3. The van der Waals surface area contributed by atoms with Crippen LogP contribution in [-0.4, -0.2) is 32.9 Å². The molecule has 2 aromatic carbocycles. The van der Waals surface area contributed by atoms with E-state index in [4.69, 9.17) is 10.7 Å². The van der Waals surface area contributed by atoms with Gasteiger partial charge in [0.2, 0.25) is 0 Å². The average molecular weight is 569 g/mol. The summed E-state index contributed by atoms with van der Waals surface area (Å²) in [6, 6.07) is 10.7. The number of amides is 2. The van der Waals surface area contributed by atoms with Crippen LogP contribution in [0.25, 0.3) is 5.57 Å². The second-order valence-electron chi connectivity index (χ2n) is 11.3. The number of halogens is 3. The van der Waals surface area contributed by atoms with Crippen LogP contribution in [0.3, 0.4) is 0 Å². The van der Waals surface area contributed by atoms with Crippen molar-refractivity contribution in [2.75, 3.05) is 16.4 Å². The van der Waals surface area contributed by atoms with Gasteiger partial charge in [0, 0.05) is 24.8 Å². The highest BCUT2D eigenvalue weighted by Gasteiger charge is 2.52. The number of nitrogens with one attached hydrogen (secondary N) is 2. The zero-order valence-corrected chi connectivity index (χ0v) is 22.8. The molecule has 1 unspecified atom stereocenters. The van der Waals surface area contributed by atoms with Crippen molar-refractivity contribution in [3.63, 3.8) is 0 Å². The number of hydrogen-bond acceptors (Lipinski definition) is 5. The van der Waals surface area contributed by atoms with Crippen molar-refractivity contribution in [1.82, 2.24) is 9.78 Å². The summed E-state index contributed by atoms with van der Waals surface area (Å²) in [5.74, 6) is -0.173. The number of aliphatic carboxylic acids is 1. The van der Waals surface area contributed by atoms with Crippen LogP contribution in [0.1, 0.15) is 44.2 Å². The van der Waals surface area contributed by atoms with Gasteiger partial charge in [0.05, 0.1) is 16.8 Å². The third-order valence-corrected chi connectivity index (χ3v) is 8.42. The van der Waals surface area contributed by atoms with E-state index < -0.39 is 23.7 Å². The van der Waals surface area contributed by atoms with Crippen LogP contribution >= 0.6 is 0 Å². The molecule has 1 aromatic heterocycles. The van der Waals surface area contributed by atoms with Crippen molar-refractivity contribution in [3.05, 3.63) is 70.4 Å².